The fourth-order valence-electron chi connectivity index (χ4n) is 3.65. The summed E-state index contributed by atoms with van der Waals surface area (Å²) in [4.78, 5) is 14.9. The average molecular weight is 276 g/mol. The van der Waals surface area contributed by atoms with E-state index in [0.717, 1.165) is 44.2 Å². The summed E-state index contributed by atoms with van der Waals surface area (Å²) >= 11 is 0. The van der Waals surface area contributed by atoms with Crippen LogP contribution in [0.1, 0.15) is 37.7 Å². The van der Waals surface area contributed by atoms with Gasteiger partial charge in [-0.05, 0) is 37.0 Å². The number of hydrogen-bond donors (Lipinski definition) is 1. The normalized spacial score (nSPS) is 25.1. The molecule has 0 radical (unpaired) electrons. The van der Waals surface area contributed by atoms with Crippen molar-refractivity contribution >= 4 is 5.91 Å². The minimum absolute atomic E-state index is 0.102. The van der Waals surface area contributed by atoms with Crippen molar-refractivity contribution in [2.24, 2.45) is 5.73 Å². The molecule has 0 unspecified atom stereocenters. The Morgan fingerprint density at radius 3 is 2.45 bits per heavy atom. The largest absolute Gasteiger partial charge is 0.340 e. The molecule has 20 heavy (non-hydrogen) atoms. The Hall–Kier alpha value is -1.42. The van der Waals surface area contributed by atoms with Crippen LogP contribution in [-0.2, 0) is 10.2 Å². The third-order valence-electron chi connectivity index (χ3n) is 4.78. The van der Waals surface area contributed by atoms with Crippen molar-refractivity contribution in [3.8, 4) is 0 Å². The highest BCUT2D eigenvalue weighted by Gasteiger charge is 2.45. The van der Waals surface area contributed by atoms with E-state index in [-0.39, 0.29) is 17.8 Å². The Morgan fingerprint density at radius 2 is 1.90 bits per heavy atom. The summed E-state index contributed by atoms with van der Waals surface area (Å²) in [6.45, 7) is 1.41. The number of likely N-dealkylation sites (tertiary alicyclic amines) is 1. The van der Waals surface area contributed by atoms with E-state index in [0.29, 0.717) is 6.54 Å². The Balaban J connectivity index is 1.91. The monoisotopic (exact) mass is 276 g/mol. The number of halogens is 1. The molecular formula is C16H21FN2O. The van der Waals surface area contributed by atoms with E-state index in [4.69, 9.17) is 5.73 Å². The second kappa shape index (κ2) is 5.17. The van der Waals surface area contributed by atoms with Gasteiger partial charge in [-0.25, -0.2) is 4.39 Å². The number of nitrogens with two attached hydrogens (primary N) is 1. The predicted octanol–water partition coefficient (Wildman–Crippen LogP) is 2.20. The van der Waals surface area contributed by atoms with E-state index in [1.54, 1.807) is 12.1 Å². The minimum Gasteiger partial charge on any atom is -0.340 e. The molecule has 0 aromatic heterocycles. The third kappa shape index (κ3) is 2.22. The Labute approximate surface area is 118 Å². The molecule has 1 saturated heterocycles. The van der Waals surface area contributed by atoms with E-state index in [1.807, 2.05) is 4.90 Å². The zero-order valence-corrected chi connectivity index (χ0v) is 11.6. The quantitative estimate of drug-likeness (QED) is 0.900. The van der Waals surface area contributed by atoms with Gasteiger partial charge in [-0.3, -0.25) is 4.79 Å². The Kier molecular flexibility index (Phi) is 3.50. The van der Waals surface area contributed by atoms with Gasteiger partial charge >= 0.3 is 0 Å². The number of benzene rings is 1. The van der Waals surface area contributed by atoms with Crippen molar-refractivity contribution in [1.29, 1.82) is 0 Å². The lowest BCUT2D eigenvalue weighted by Gasteiger charge is -2.33. The summed E-state index contributed by atoms with van der Waals surface area (Å²) in [5.41, 5.74) is 6.43. The first kappa shape index (κ1) is 13.6. The van der Waals surface area contributed by atoms with Crippen LogP contribution < -0.4 is 5.73 Å². The number of hydrogen-bond acceptors (Lipinski definition) is 2. The summed E-state index contributed by atoms with van der Waals surface area (Å²) in [5.74, 6) is -0.0629. The molecule has 1 aliphatic carbocycles. The van der Waals surface area contributed by atoms with Gasteiger partial charge in [-0.1, -0.05) is 25.0 Å². The number of carbonyl (C=O) groups excluding carboxylic acids is 1. The van der Waals surface area contributed by atoms with Gasteiger partial charge in [-0.15, -0.1) is 0 Å². The van der Waals surface area contributed by atoms with Gasteiger partial charge in [0.05, 0.1) is 5.41 Å². The van der Waals surface area contributed by atoms with Crippen molar-refractivity contribution in [3.05, 3.63) is 35.6 Å². The van der Waals surface area contributed by atoms with Crippen molar-refractivity contribution < 1.29 is 9.18 Å². The SMILES string of the molecule is N[C@@H]1CCN(C(=O)C2(c3ccc(F)cc3)CCCC2)C1. The molecular weight excluding hydrogens is 255 g/mol. The maximum Gasteiger partial charge on any atom is 0.233 e. The molecule has 2 aliphatic rings. The first-order chi connectivity index (χ1) is 9.62. The second-order valence-electron chi connectivity index (χ2n) is 6.10. The van der Waals surface area contributed by atoms with E-state index in [2.05, 4.69) is 0 Å². The van der Waals surface area contributed by atoms with Gasteiger partial charge in [0.15, 0.2) is 0 Å². The van der Waals surface area contributed by atoms with E-state index in [1.165, 1.54) is 12.1 Å². The molecule has 1 atom stereocenters. The van der Waals surface area contributed by atoms with Crippen LogP contribution in [0, 0.1) is 5.82 Å². The van der Waals surface area contributed by atoms with Crippen LogP contribution in [0.5, 0.6) is 0 Å². The van der Waals surface area contributed by atoms with Crippen LogP contribution in [0.4, 0.5) is 4.39 Å². The van der Waals surface area contributed by atoms with E-state index < -0.39 is 5.41 Å². The molecule has 2 N–H and O–H groups in total. The molecule has 3 nitrogen and oxygen atoms in total. The average Bonchev–Trinajstić information content (AvgIpc) is 3.08. The van der Waals surface area contributed by atoms with Gasteiger partial charge in [-0.2, -0.15) is 0 Å². The highest BCUT2D eigenvalue weighted by Crippen LogP contribution is 2.43. The number of carbonyl (C=O) groups is 1. The maximum absolute atomic E-state index is 13.1. The van der Waals surface area contributed by atoms with Crippen molar-refractivity contribution in [2.75, 3.05) is 13.1 Å². The molecule has 1 aliphatic heterocycles. The Bertz CT molecular complexity index is 494. The molecule has 0 spiro atoms. The second-order valence-corrected chi connectivity index (χ2v) is 6.10. The lowest BCUT2D eigenvalue weighted by molar-refractivity contribution is -0.136. The topological polar surface area (TPSA) is 46.3 Å². The van der Waals surface area contributed by atoms with Gasteiger partial charge in [0.1, 0.15) is 5.82 Å². The smallest absolute Gasteiger partial charge is 0.233 e. The molecule has 1 saturated carbocycles. The number of nitrogens with zero attached hydrogens (tertiary/aromatic N) is 1. The van der Waals surface area contributed by atoms with Crippen LogP contribution in [0.15, 0.2) is 24.3 Å². The van der Waals surface area contributed by atoms with E-state index >= 15 is 0 Å². The summed E-state index contributed by atoms with van der Waals surface area (Å²) in [6, 6.07) is 6.56. The highest BCUT2D eigenvalue weighted by atomic mass is 19.1. The first-order valence-electron chi connectivity index (χ1n) is 7.43. The number of amides is 1. The molecule has 1 amide bonds. The van der Waals surface area contributed by atoms with Crippen molar-refractivity contribution in [3.63, 3.8) is 0 Å². The molecule has 2 fully saturated rings. The summed E-state index contributed by atoms with van der Waals surface area (Å²) in [6.07, 6.45) is 4.73. The maximum atomic E-state index is 13.1. The lowest BCUT2D eigenvalue weighted by Crippen LogP contribution is -2.45. The molecule has 1 aromatic rings. The van der Waals surface area contributed by atoms with Crippen LogP contribution >= 0.6 is 0 Å². The summed E-state index contributed by atoms with van der Waals surface area (Å²) < 4.78 is 13.1. The lowest BCUT2D eigenvalue weighted by atomic mass is 9.77. The fraction of sp³-hybridized carbons (Fsp3) is 0.562. The van der Waals surface area contributed by atoms with Crippen molar-refractivity contribution in [1.82, 2.24) is 4.90 Å². The van der Waals surface area contributed by atoms with Crippen molar-refractivity contribution in [2.45, 2.75) is 43.6 Å². The molecule has 4 heteroatoms. The molecule has 1 aromatic carbocycles. The van der Waals surface area contributed by atoms with Gasteiger partial charge in [0.2, 0.25) is 5.91 Å². The Morgan fingerprint density at radius 1 is 1.25 bits per heavy atom. The minimum atomic E-state index is -0.447. The summed E-state index contributed by atoms with van der Waals surface area (Å²) in [7, 11) is 0. The van der Waals surface area contributed by atoms with Gasteiger partial charge in [0.25, 0.3) is 0 Å². The standard InChI is InChI=1S/C16H21FN2O/c17-13-5-3-12(4-6-13)16(8-1-2-9-16)15(20)19-10-7-14(18)11-19/h3-6,14H,1-2,7-11,18H2/t14-/m1/s1. The zero-order chi connectivity index (χ0) is 14.2. The van der Waals surface area contributed by atoms with Gasteiger partial charge < -0.3 is 10.6 Å². The van der Waals surface area contributed by atoms with Crippen LogP contribution in [0.2, 0.25) is 0 Å². The molecule has 0 bridgehead atoms. The van der Waals surface area contributed by atoms with Crippen LogP contribution in [0.25, 0.3) is 0 Å². The summed E-state index contributed by atoms with van der Waals surface area (Å²) in [5, 5.41) is 0. The fourth-order valence-corrected chi connectivity index (χ4v) is 3.65. The predicted molar refractivity (Wildman–Crippen MR) is 75.7 cm³/mol. The zero-order valence-electron chi connectivity index (χ0n) is 11.6. The highest BCUT2D eigenvalue weighted by molar-refractivity contribution is 5.89. The van der Waals surface area contributed by atoms with E-state index in [9.17, 15) is 9.18 Å². The molecule has 3 rings (SSSR count). The first-order valence-corrected chi connectivity index (χ1v) is 7.43. The van der Waals surface area contributed by atoms with Crippen LogP contribution in [0.3, 0.4) is 0 Å². The van der Waals surface area contributed by atoms with Crippen LogP contribution in [-0.4, -0.2) is 29.9 Å². The van der Waals surface area contributed by atoms with Gasteiger partial charge in [0, 0.05) is 19.1 Å². The molecule has 108 valence electrons. The molecule has 1 heterocycles. The third-order valence-corrected chi connectivity index (χ3v) is 4.78. The number of rotatable bonds is 2.